The first kappa shape index (κ1) is 17.9. The Balaban J connectivity index is 1.76. The lowest BCUT2D eigenvalue weighted by Crippen LogP contribution is -2.14. The number of ether oxygens (including phenoxy) is 1. The molecule has 1 aromatic heterocycles. The normalized spacial score (nSPS) is 11.2. The number of hydrogen-bond donors (Lipinski definition) is 1. The van der Waals surface area contributed by atoms with E-state index in [4.69, 9.17) is 4.74 Å². The van der Waals surface area contributed by atoms with E-state index in [0.29, 0.717) is 23.6 Å². The van der Waals surface area contributed by atoms with Crippen LogP contribution in [0.3, 0.4) is 0 Å². The summed E-state index contributed by atoms with van der Waals surface area (Å²) in [6, 6.07) is 17.8. The van der Waals surface area contributed by atoms with Crippen molar-refractivity contribution in [3.8, 4) is 5.75 Å². The average Bonchev–Trinajstić information content (AvgIpc) is 2.63. The molecule has 0 bridgehead atoms. The quantitative estimate of drug-likeness (QED) is 0.712. The van der Waals surface area contributed by atoms with Gasteiger partial charge in [-0.15, -0.1) is 0 Å². The monoisotopic (exact) mass is 368 g/mol. The van der Waals surface area contributed by atoms with Gasteiger partial charge in [-0.1, -0.05) is 24.3 Å². The molecule has 6 heteroatoms. The maximum Gasteiger partial charge on any atom is 0.262 e. The van der Waals surface area contributed by atoms with Crippen molar-refractivity contribution in [2.24, 2.45) is 0 Å². The molecule has 0 saturated heterocycles. The van der Waals surface area contributed by atoms with Crippen LogP contribution in [0.2, 0.25) is 0 Å². The van der Waals surface area contributed by atoms with Crippen LogP contribution in [0.5, 0.6) is 5.75 Å². The number of pyridine rings is 1. The van der Waals surface area contributed by atoms with E-state index in [9.17, 15) is 8.42 Å². The summed E-state index contributed by atoms with van der Waals surface area (Å²) in [5.41, 5.74) is 2.84. The number of nitrogens with one attached hydrogen (secondary N) is 1. The van der Waals surface area contributed by atoms with Crippen LogP contribution in [0.4, 0.5) is 5.69 Å². The first-order chi connectivity index (χ1) is 12.4. The fourth-order valence-corrected chi connectivity index (χ4v) is 3.88. The number of benzene rings is 2. The zero-order valence-corrected chi connectivity index (χ0v) is 15.5. The van der Waals surface area contributed by atoms with Gasteiger partial charge in [0.2, 0.25) is 0 Å². The highest BCUT2D eigenvalue weighted by molar-refractivity contribution is 7.92. The number of nitrogens with zero attached hydrogens (tertiary/aromatic N) is 1. The Bertz CT molecular complexity index is 1000. The average molecular weight is 368 g/mol. The van der Waals surface area contributed by atoms with Crippen LogP contribution < -0.4 is 9.46 Å². The van der Waals surface area contributed by atoms with Crippen LogP contribution in [0.25, 0.3) is 0 Å². The predicted octanol–water partition coefficient (Wildman–Crippen LogP) is 4.08. The van der Waals surface area contributed by atoms with Gasteiger partial charge in [0.15, 0.2) is 0 Å². The molecule has 1 N–H and O–H groups in total. The van der Waals surface area contributed by atoms with E-state index in [1.54, 1.807) is 49.5 Å². The molecule has 0 aliphatic carbocycles. The second kappa shape index (κ2) is 7.58. The van der Waals surface area contributed by atoms with Gasteiger partial charge in [0.1, 0.15) is 12.4 Å². The molecule has 3 rings (SSSR count). The first-order valence-electron chi connectivity index (χ1n) is 8.17. The van der Waals surface area contributed by atoms with Crippen LogP contribution in [0, 0.1) is 13.8 Å². The van der Waals surface area contributed by atoms with Gasteiger partial charge in [0.25, 0.3) is 10.0 Å². The molecule has 0 fully saturated rings. The molecular weight excluding hydrogens is 348 g/mol. The Hall–Kier alpha value is -2.86. The van der Waals surface area contributed by atoms with Crippen molar-refractivity contribution in [3.63, 3.8) is 0 Å². The smallest absolute Gasteiger partial charge is 0.262 e. The van der Waals surface area contributed by atoms with E-state index in [1.165, 1.54) is 0 Å². The molecule has 0 unspecified atom stereocenters. The highest BCUT2D eigenvalue weighted by atomic mass is 32.2. The van der Waals surface area contributed by atoms with E-state index < -0.39 is 10.0 Å². The minimum atomic E-state index is -3.67. The maximum atomic E-state index is 12.7. The molecule has 134 valence electrons. The van der Waals surface area contributed by atoms with Crippen LogP contribution >= 0.6 is 0 Å². The lowest BCUT2D eigenvalue weighted by Gasteiger charge is -2.12. The molecule has 0 saturated carbocycles. The number of hydrogen-bond acceptors (Lipinski definition) is 4. The largest absolute Gasteiger partial charge is 0.487 e. The van der Waals surface area contributed by atoms with Crippen molar-refractivity contribution >= 4 is 15.7 Å². The van der Waals surface area contributed by atoms with Crippen LogP contribution in [-0.2, 0) is 16.6 Å². The Morgan fingerprint density at radius 3 is 2.62 bits per heavy atom. The third kappa shape index (κ3) is 4.40. The Labute approximate surface area is 153 Å². The molecule has 0 amide bonds. The molecule has 0 atom stereocenters. The minimum Gasteiger partial charge on any atom is -0.487 e. The van der Waals surface area contributed by atoms with Gasteiger partial charge < -0.3 is 4.74 Å². The zero-order chi connectivity index (χ0) is 18.6. The second-order valence-electron chi connectivity index (χ2n) is 6.01. The highest BCUT2D eigenvalue weighted by Crippen LogP contribution is 2.23. The number of rotatable bonds is 6. The molecule has 0 radical (unpaired) electrons. The highest BCUT2D eigenvalue weighted by Gasteiger charge is 2.17. The molecule has 0 aliphatic rings. The van der Waals surface area contributed by atoms with Gasteiger partial charge in [0.05, 0.1) is 16.3 Å². The zero-order valence-electron chi connectivity index (χ0n) is 14.6. The van der Waals surface area contributed by atoms with Gasteiger partial charge in [-0.3, -0.25) is 9.71 Å². The predicted molar refractivity (Wildman–Crippen MR) is 102 cm³/mol. The van der Waals surface area contributed by atoms with Crippen molar-refractivity contribution in [1.82, 2.24) is 4.98 Å². The molecule has 0 aliphatic heterocycles. The van der Waals surface area contributed by atoms with Gasteiger partial charge in [-0.25, -0.2) is 8.42 Å². The third-order valence-electron chi connectivity index (χ3n) is 3.83. The van der Waals surface area contributed by atoms with Crippen molar-refractivity contribution in [1.29, 1.82) is 0 Å². The number of sulfonamides is 1. The molecule has 26 heavy (non-hydrogen) atoms. The molecular formula is C20H20N2O3S. The summed E-state index contributed by atoms with van der Waals surface area (Å²) in [7, 11) is -3.67. The van der Waals surface area contributed by atoms with E-state index in [1.807, 2.05) is 31.2 Å². The van der Waals surface area contributed by atoms with Crippen LogP contribution in [0.15, 0.2) is 71.8 Å². The lowest BCUT2D eigenvalue weighted by molar-refractivity contribution is 0.301. The number of aromatic nitrogens is 1. The molecule has 2 aromatic carbocycles. The summed E-state index contributed by atoms with van der Waals surface area (Å²) in [6.45, 7) is 3.96. The first-order valence-corrected chi connectivity index (χ1v) is 9.65. The molecule has 0 spiro atoms. The molecule has 1 heterocycles. The topological polar surface area (TPSA) is 68.3 Å². The van der Waals surface area contributed by atoms with Gasteiger partial charge in [-0.2, -0.15) is 0 Å². The fourth-order valence-electron chi connectivity index (χ4n) is 2.50. The summed E-state index contributed by atoms with van der Waals surface area (Å²) < 4.78 is 33.7. The van der Waals surface area contributed by atoms with Crippen molar-refractivity contribution < 1.29 is 13.2 Å². The Morgan fingerprint density at radius 2 is 1.85 bits per heavy atom. The summed E-state index contributed by atoms with van der Waals surface area (Å²) in [5.74, 6) is 0.566. The van der Waals surface area contributed by atoms with E-state index in [-0.39, 0.29) is 4.90 Å². The molecule has 3 aromatic rings. The van der Waals surface area contributed by atoms with E-state index in [2.05, 4.69) is 9.71 Å². The molecule has 5 nitrogen and oxygen atoms in total. The van der Waals surface area contributed by atoms with E-state index in [0.717, 1.165) is 11.3 Å². The summed E-state index contributed by atoms with van der Waals surface area (Å²) in [6.07, 6.45) is 1.70. The maximum absolute atomic E-state index is 12.7. The number of anilines is 1. The summed E-state index contributed by atoms with van der Waals surface area (Å²) in [5, 5.41) is 0. The van der Waals surface area contributed by atoms with Crippen LogP contribution in [-0.4, -0.2) is 13.4 Å². The summed E-state index contributed by atoms with van der Waals surface area (Å²) in [4.78, 5) is 4.47. The second-order valence-corrected chi connectivity index (χ2v) is 7.66. The standard InChI is InChI=1S/C20H20N2O3S/c1-15-9-10-16(2)20(12-15)26(23,24)22-17-7-5-8-19(13-17)25-14-18-6-3-4-11-21-18/h3-13,22H,14H2,1-2H3. The Morgan fingerprint density at radius 1 is 1.00 bits per heavy atom. The van der Waals surface area contributed by atoms with Crippen molar-refractivity contribution in [2.45, 2.75) is 25.3 Å². The SMILES string of the molecule is Cc1ccc(C)c(S(=O)(=O)Nc2cccc(OCc3ccccn3)c2)c1. The third-order valence-corrected chi connectivity index (χ3v) is 5.36. The van der Waals surface area contributed by atoms with Crippen molar-refractivity contribution in [2.75, 3.05) is 4.72 Å². The van der Waals surface area contributed by atoms with Crippen molar-refractivity contribution in [3.05, 3.63) is 83.7 Å². The van der Waals surface area contributed by atoms with Gasteiger partial charge in [0, 0.05) is 12.3 Å². The number of aryl methyl sites for hydroxylation is 2. The van der Waals surface area contributed by atoms with E-state index >= 15 is 0 Å². The van der Waals surface area contributed by atoms with Gasteiger partial charge in [-0.05, 0) is 55.3 Å². The minimum absolute atomic E-state index is 0.275. The fraction of sp³-hybridized carbons (Fsp3) is 0.150. The van der Waals surface area contributed by atoms with Gasteiger partial charge >= 0.3 is 0 Å². The Kier molecular flexibility index (Phi) is 5.23. The van der Waals surface area contributed by atoms with Crippen LogP contribution in [0.1, 0.15) is 16.8 Å². The summed E-state index contributed by atoms with van der Waals surface area (Å²) >= 11 is 0. The lowest BCUT2D eigenvalue weighted by atomic mass is 10.2.